The number of anilines is 1. The van der Waals surface area contributed by atoms with E-state index in [0.29, 0.717) is 30.3 Å². The van der Waals surface area contributed by atoms with Crippen molar-refractivity contribution in [3.63, 3.8) is 0 Å². The molecule has 1 saturated heterocycles. The van der Waals surface area contributed by atoms with Gasteiger partial charge in [0.05, 0.1) is 5.57 Å². The summed E-state index contributed by atoms with van der Waals surface area (Å²) in [6.45, 7) is 2.77. The highest BCUT2D eigenvalue weighted by molar-refractivity contribution is 7.11. The van der Waals surface area contributed by atoms with Crippen molar-refractivity contribution in [1.29, 1.82) is 0 Å². The van der Waals surface area contributed by atoms with Gasteiger partial charge in [0, 0.05) is 49.5 Å². The predicted molar refractivity (Wildman–Crippen MR) is 120 cm³/mol. The molecule has 0 N–H and O–H groups in total. The van der Waals surface area contributed by atoms with Crippen molar-refractivity contribution in [2.24, 2.45) is 0 Å². The monoisotopic (exact) mass is 437 g/mol. The van der Waals surface area contributed by atoms with Gasteiger partial charge in [0.15, 0.2) is 0 Å². The highest BCUT2D eigenvalue weighted by Crippen LogP contribution is 2.37. The Bertz CT molecular complexity index is 959. The van der Waals surface area contributed by atoms with Crippen LogP contribution >= 0.6 is 11.3 Å². The molecule has 5 rings (SSSR count). The van der Waals surface area contributed by atoms with Crippen LogP contribution in [0.25, 0.3) is 5.57 Å². The Labute approximate surface area is 186 Å². The smallest absolute Gasteiger partial charge is 0.278 e. The van der Waals surface area contributed by atoms with E-state index in [9.17, 15) is 9.59 Å². The number of carbonyl (C=O) groups excluding carboxylic acids is 2. The van der Waals surface area contributed by atoms with E-state index in [1.165, 1.54) is 24.2 Å². The molecule has 0 radical (unpaired) electrons. The van der Waals surface area contributed by atoms with E-state index in [-0.39, 0.29) is 17.9 Å². The number of thiophene rings is 1. The lowest BCUT2D eigenvalue weighted by molar-refractivity contribution is -0.140. The third-order valence-electron chi connectivity index (χ3n) is 6.48. The standard InChI is InChI=1S/C23H27N5O2S/c29-21-19(18-9-5-16-31-18)20(22(30)28(21)17-7-3-1-2-4-8-17)26-12-14-27(15-13-26)23-24-10-6-11-25-23/h5-6,9-11,16-17H,1-4,7-8,12-15H2. The molecule has 0 bridgehead atoms. The van der Waals surface area contributed by atoms with Gasteiger partial charge in [0.2, 0.25) is 5.95 Å². The second-order valence-corrected chi connectivity index (χ2v) is 9.30. The highest BCUT2D eigenvalue weighted by Gasteiger charge is 2.45. The zero-order chi connectivity index (χ0) is 21.2. The van der Waals surface area contributed by atoms with Gasteiger partial charge in [0.25, 0.3) is 11.8 Å². The van der Waals surface area contributed by atoms with Gasteiger partial charge in [-0.25, -0.2) is 9.97 Å². The fourth-order valence-electron chi connectivity index (χ4n) is 4.90. The molecule has 8 heteroatoms. The Balaban J connectivity index is 1.42. The molecule has 162 valence electrons. The molecule has 0 spiro atoms. The topological polar surface area (TPSA) is 69.6 Å². The minimum Gasteiger partial charge on any atom is -0.363 e. The van der Waals surface area contributed by atoms with Crippen molar-refractivity contribution >= 4 is 34.7 Å². The van der Waals surface area contributed by atoms with Crippen LogP contribution in [0.1, 0.15) is 43.4 Å². The first-order valence-electron chi connectivity index (χ1n) is 11.2. The largest absolute Gasteiger partial charge is 0.363 e. The molecule has 7 nitrogen and oxygen atoms in total. The second-order valence-electron chi connectivity index (χ2n) is 8.35. The van der Waals surface area contributed by atoms with E-state index < -0.39 is 0 Å². The molecule has 4 heterocycles. The summed E-state index contributed by atoms with van der Waals surface area (Å²) in [6.07, 6.45) is 9.87. The fraction of sp³-hybridized carbons (Fsp3) is 0.478. The molecule has 2 amide bonds. The Hall–Kier alpha value is -2.74. The van der Waals surface area contributed by atoms with Gasteiger partial charge in [-0.3, -0.25) is 14.5 Å². The summed E-state index contributed by atoms with van der Waals surface area (Å²) < 4.78 is 0. The van der Waals surface area contributed by atoms with E-state index >= 15 is 0 Å². The Morgan fingerprint density at radius 3 is 2.16 bits per heavy atom. The summed E-state index contributed by atoms with van der Waals surface area (Å²) in [4.78, 5) is 42.6. The maximum Gasteiger partial charge on any atom is 0.278 e. The van der Waals surface area contributed by atoms with E-state index in [2.05, 4.69) is 19.8 Å². The number of aromatic nitrogens is 2. The van der Waals surface area contributed by atoms with Gasteiger partial charge in [-0.05, 0) is 30.4 Å². The number of rotatable bonds is 4. The third kappa shape index (κ3) is 3.84. The molecule has 0 aromatic carbocycles. The molecule has 2 aromatic heterocycles. The normalized spacial score (nSPS) is 21.2. The van der Waals surface area contributed by atoms with Gasteiger partial charge in [-0.1, -0.05) is 31.7 Å². The molecular formula is C23H27N5O2S. The third-order valence-corrected chi connectivity index (χ3v) is 7.37. The number of nitrogens with zero attached hydrogens (tertiary/aromatic N) is 5. The van der Waals surface area contributed by atoms with Crippen LogP contribution in [0, 0.1) is 0 Å². The molecule has 1 saturated carbocycles. The SMILES string of the molecule is O=C1C(c2cccs2)=C(N2CCN(c3ncccn3)CC2)C(=O)N1C1CCCCCC1. The van der Waals surface area contributed by atoms with Crippen LogP contribution in [0.2, 0.25) is 0 Å². The van der Waals surface area contributed by atoms with E-state index in [1.54, 1.807) is 17.3 Å². The van der Waals surface area contributed by atoms with Gasteiger partial charge in [-0.2, -0.15) is 0 Å². The Morgan fingerprint density at radius 2 is 1.52 bits per heavy atom. The lowest BCUT2D eigenvalue weighted by Crippen LogP contribution is -2.49. The number of hydrogen-bond donors (Lipinski definition) is 0. The van der Waals surface area contributed by atoms with Crippen molar-refractivity contribution in [3.8, 4) is 0 Å². The Kier molecular flexibility index (Phi) is 5.72. The molecule has 2 aliphatic heterocycles. The summed E-state index contributed by atoms with van der Waals surface area (Å²) >= 11 is 1.53. The molecular weight excluding hydrogens is 410 g/mol. The summed E-state index contributed by atoms with van der Waals surface area (Å²) in [7, 11) is 0. The van der Waals surface area contributed by atoms with Crippen LogP contribution in [0.15, 0.2) is 41.7 Å². The first kappa shape index (κ1) is 20.2. The number of piperazine rings is 1. The minimum absolute atomic E-state index is 0.0222. The predicted octanol–water partition coefficient (Wildman–Crippen LogP) is 3.16. The van der Waals surface area contributed by atoms with Crippen molar-refractivity contribution in [1.82, 2.24) is 19.8 Å². The fourth-order valence-corrected chi connectivity index (χ4v) is 5.67. The van der Waals surface area contributed by atoms with Crippen molar-refractivity contribution in [3.05, 3.63) is 46.5 Å². The Morgan fingerprint density at radius 1 is 0.839 bits per heavy atom. The molecule has 31 heavy (non-hydrogen) atoms. The molecule has 2 aromatic rings. The number of hydrogen-bond acceptors (Lipinski definition) is 7. The average Bonchev–Trinajstić information content (AvgIpc) is 3.32. The molecule has 1 aliphatic carbocycles. The minimum atomic E-state index is -0.108. The quantitative estimate of drug-likeness (QED) is 0.541. The van der Waals surface area contributed by atoms with Crippen molar-refractivity contribution in [2.45, 2.75) is 44.6 Å². The molecule has 0 atom stereocenters. The summed E-state index contributed by atoms with van der Waals surface area (Å²) in [5, 5.41) is 1.97. The maximum atomic E-state index is 13.7. The zero-order valence-corrected chi connectivity index (χ0v) is 18.4. The van der Waals surface area contributed by atoms with E-state index in [4.69, 9.17) is 0 Å². The van der Waals surface area contributed by atoms with Crippen molar-refractivity contribution in [2.75, 3.05) is 31.1 Å². The van der Waals surface area contributed by atoms with E-state index in [1.807, 2.05) is 23.6 Å². The summed E-state index contributed by atoms with van der Waals surface area (Å²) in [6, 6.07) is 5.73. The van der Waals surface area contributed by atoms with Crippen LogP contribution < -0.4 is 4.90 Å². The van der Waals surface area contributed by atoms with Gasteiger partial charge in [-0.15, -0.1) is 11.3 Å². The van der Waals surface area contributed by atoms with Crippen molar-refractivity contribution < 1.29 is 9.59 Å². The lowest BCUT2D eigenvalue weighted by atomic mass is 10.1. The van der Waals surface area contributed by atoms with Crippen LogP contribution in [-0.2, 0) is 9.59 Å². The second kappa shape index (κ2) is 8.78. The molecule has 2 fully saturated rings. The number of amides is 2. The van der Waals surface area contributed by atoms with Gasteiger partial charge in [0.1, 0.15) is 5.70 Å². The van der Waals surface area contributed by atoms with E-state index in [0.717, 1.165) is 43.6 Å². The lowest BCUT2D eigenvalue weighted by Gasteiger charge is -2.36. The van der Waals surface area contributed by atoms with Gasteiger partial charge < -0.3 is 9.80 Å². The first-order valence-corrected chi connectivity index (χ1v) is 12.0. The van der Waals surface area contributed by atoms with Crippen LogP contribution in [0.5, 0.6) is 0 Å². The number of imide groups is 1. The van der Waals surface area contributed by atoms with Crippen LogP contribution in [0.3, 0.4) is 0 Å². The average molecular weight is 438 g/mol. The van der Waals surface area contributed by atoms with Crippen LogP contribution in [-0.4, -0.2) is 63.8 Å². The first-order chi connectivity index (χ1) is 15.2. The molecule has 3 aliphatic rings. The van der Waals surface area contributed by atoms with Gasteiger partial charge >= 0.3 is 0 Å². The summed E-state index contributed by atoms with van der Waals surface area (Å²) in [5.41, 5.74) is 1.18. The summed E-state index contributed by atoms with van der Waals surface area (Å²) in [5.74, 6) is 0.497. The maximum absolute atomic E-state index is 13.7. The molecule has 0 unspecified atom stereocenters. The zero-order valence-electron chi connectivity index (χ0n) is 17.6. The highest BCUT2D eigenvalue weighted by atomic mass is 32.1. The number of carbonyl (C=O) groups is 2. The van der Waals surface area contributed by atoms with Crippen LogP contribution in [0.4, 0.5) is 5.95 Å².